The first-order valence-electron chi connectivity index (χ1n) is 8.74. The molecule has 1 aliphatic rings. The van der Waals surface area contributed by atoms with Gasteiger partial charge in [-0.1, -0.05) is 6.92 Å². The maximum absolute atomic E-state index is 12.9. The molecule has 0 spiro atoms. The number of aryl methyl sites for hydroxylation is 1. The van der Waals surface area contributed by atoms with Crippen molar-refractivity contribution < 1.29 is 22.7 Å². The van der Waals surface area contributed by atoms with Gasteiger partial charge in [0.05, 0.1) is 23.4 Å². The van der Waals surface area contributed by atoms with Gasteiger partial charge < -0.3 is 9.47 Å². The van der Waals surface area contributed by atoms with E-state index in [4.69, 9.17) is 9.47 Å². The standard InChI is InChI=1S/C18H22N2O5S2/c1-3-17-19-14(12-26-17)11-25-18(21)13-6-7-15(24-2)16(10-13)27(22,23)20-8-4-5-9-20/h6-7,10,12H,3-5,8-9,11H2,1-2H3. The monoisotopic (exact) mass is 410 g/mol. The number of rotatable bonds is 7. The summed E-state index contributed by atoms with van der Waals surface area (Å²) in [4.78, 5) is 16.7. The number of thiazole rings is 1. The second-order valence-electron chi connectivity index (χ2n) is 6.14. The summed E-state index contributed by atoms with van der Waals surface area (Å²) >= 11 is 1.52. The number of carbonyl (C=O) groups is 1. The lowest BCUT2D eigenvalue weighted by molar-refractivity contribution is 0.0468. The van der Waals surface area contributed by atoms with Gasteiger partial charge in [-0.15, -0.1) is 11.3 Å². The van der Waals surface area contributed by atoms with Gasteiger partial charge in [0.25, 0.3) is 0 Å². The average molecular weight is 411 g/mol. The largest absolute Gasteiger partial charge is 0.495 e. The van der Waals surface area contributed by atoms with E-state index < -0.39 is 16.0 Å². The molecule has 0 unspecified atom stereocenters. The summed E-state index contributed by atoms with van der Waals surface area (Å²) in [7, 11) is -2.31. The van der Waals surface area contributed by atoms with Crippen molar-refractivity contribution in [1.82, 2.24) is 9.29 Å². The van der Waals surface area contributed by atoms with Crippen LogP contribution in [-0.4, -0.2) is 43.9 Å². The quantitative estimate of drug-likeness (QED) is 0.653. The van der Waals surface area contributed by atoms with Crippen molar-refractivity contribution >= 4 is 27.3 Å². The molecule has 0 radical (unpaired) electrons. The zero-order chi connectivity index (χ0) is 19.4. The molecular weight excluding hydrogens is 388 g/mol. The number of esters is 1. The average Bonchev–Trinajstić information content (AvgIpc) is 3.37. The predicted molar refractivity (Wildman–Crippen MR) is 102 cm³/mol. The predicted octanol–water partition coefficient (Wildman–Crippen LogP) is 2.86. The number of benzene rings is 1. The van der Waals surface area contributed by atoms with E-state index in [9.17, 15) is 13.2 Å². The van der Waals surface area contributed by atoms with Crippen molar-refractivity contribution in [2.45, 2.75) is 37.7 Å². The van der Waals surface area contributed by atoms with E-state index in [1.54, 1.807) is 0 Å². The summed E-state index contributed by atoms with van der Waals surface area (Å²) in [6.07, 6.45) is 2.49. The van der Waals surface area contributed by atoms with Gasteiger partial charge in [0, 0.05) is 18.5 Å². The van der Waals surface area contributed by atoms with E-state index in [2.05, 4.69) is 4.98 Å². The first kappa shape index (κ1) is 19.8. The maximum Gasteiger partial charge on any atom is 0.338 e. The number of hydrogen-bond acceptors (Lipinski definition) is 7. The summed E-state index contributed by atoms with van der Waals surface area (Å²) in [6.45, 7) is 3.01. The fourth-order valence-corrected chi connectivity index (χ4v) is 5.30. The molecule has 1 aliphatic heterocycles. The van der Waals surface area contributed by atoms with Crippen LogP contribution >= 0.6 is 11.3 Å². The Hall–Kier alpha value is -1.97. The highest BCUT2D eigenvalue weighted by Gasteiger charge is 2.30. The zero-order valence-corrected chi connectivity index (χ0v) is 16.9. The maximum atomic E-state index is 12.9. The van der Waals surface area contributed by atoms with Crippen LogP contribution in [0.5, 0.6) is 5.75 Å². The molecule has 0 bridgehead atoms. The molecule has 0 saturated carbocycles. The number of hydrogen-bond donors (Lipinski definition) is 0. The van der Waals surface area contributed by atoms with Crippen LogP contribution in [-0.2, 0) is 27.8 Å². The molecule has 0 aliphatic carbocycles. The van der Waals surface area contributed by atoms with Crippen molar-refractivity contribution in [2.75, 3.05) is 20.2 Å². The minimum atomic E-state index is -3.71. The highest BCUT2D eigenvalue weighted by molar-refractivity contribution is 7.89. The molecule has 2 aromatic rings. The molecule has 0 amide bonds. The summed E-state index contributed by atoms with van der Waals surface area (Å²) in [5.41, 5.74) is 0.850. The minimum Gasteiger partial charge on any atom is -0.495 e. The Kier molecular flexibility index (Phi) is 6.13. The molecule has 0 N–H and O–H groups in total. The van der Waals surface area contributed by atoms with Gasteiger partial charge in [-0.05, 0) is 37.5 Å². The molecule has 2 heterocycles. The number of methoxy groups -OCH3 is 1. The van der Waals surface area contributed by atoms with Crippen LogP contribution in [0, 0.1) is 0 Å². The zero-order valence-electron chi connectivity index (χ0n) is 15.3. The van der Waals surface area contributed by atoms with Gasteiger partial charge in [-0.3, -0.25) is 0 Å². The van der Waals surface area contributed by atoms with Crippen molar-refractivity contribution in [2.24, 2.45) is 0 Å². The normalized spacial score (nSPS) is 15.0. The number of ether oxygens (including phenoxy) is 2. The number of aromatic nitrogens is 1. The summed E-state index contributed by atoms with van der Waals surface area (Å²) < 4.78 is 37.7. The fourth-order valence-electron chi connectivity index (χ4n) is 2.87. The van der Waals surface area contributed by atoms with Crippen molar-refractivity contribution in [1.29, 1.82) is 0 Å². The molecule has 1 aromatic carbocycles. The molecule has 0 atom stereocenters. The van der Waals surface area contributed by atoms with E-state index in [1.165, 1.54) is 41.0 Å². The van der Waals surface area contributed by atoms with Crippen LogP contribution in [0.3, 0.4) is 0 Å². The molecule has 1 saturated heterocycles. The van der Waals surface area contributed by atoms with E-state index in [0.29, 0.717) is 18.8 Å². The Labute approximate surface area is 163 Å². The van der Waals surface area contributed by atoms with Crippen molar-refractivity contribution in [3.05, 3.63) is 39.8 Å². The van der Waals surface area contributed by atoms with E-state index in [0.717, 1.165) is 24.3 Å². The van der Waals surface area contributed by atoms with Crippen LogP contribution in [0.1, 0.15) is 40.8 Å². The number of nitrogens with zero attached hydrogens (tertiary/aromatic N) is 2. The van der Waals surface area contributed by atoms with Gasteiger partial charge in [0.1, 0.15) is 17.3 Å². The van der Waals surface area contributed by atoms with E-state index >= 15 is 0 Å². The van der Waals surface area contributed by atoms with Crippen LogP contribution in [0.4, 0.5) is 0 Å². The lowest BCUT2D eigenvalue weighted by Crippen LogP contribution is -2.28. The molecule has 3 rings (SSSR count). The molecule has 1 aromatic heterocycles. The molecule has 7 nitrogen and oxygen atoms in total. The fraction of sp³-hybridized carbons (Fsp3) is 0.444. The third-order valence-corrected chi connectivity index (χ3v) is 7.30. The highest BCUT2D eigenvalue weighted by atomic mass is 32.2. The third kappa shape index (κ3) is 4.31. The van der Waals surface area contributed by atoms with Gasteiger partial charge in [-0.2, -0.15) is 4.31 Å². The Bertz CT molecular complexity index is 918. The van der Waals surface area contributed by atoms with Gasteiger partial charge in [-0.25, -0.2) is 18.2 Å². The Morgan fingerprint density at radius 2 is 2.04 bits per heavy atom. The van der Waals surface area contributed by atoms with Crippen molar-refractivity contribution in [3.63, 3.8) is 0 Å². The van der Waals surface area contributed by atoms with E-state index in [1.807, 2.05) is 12.3 Å². The molecule has 1 fully saturated rings. The topological polar surface area (TPSA) is 85.8 Å². The number of carbonyl (C=O) groups excluding carboxylic acids is 1. The second-order valence-corrected chi connectivity index (χ2v) is 8.99. The minimum absolute atomic E-state index is 0.0109. The van der Waals surface area contributed by atoms with Gasteiger partial charge in [0.2, 0.25) is 10.0 Å². The summed E-state index contributed by atoms with van der Waals surface area (Å²) in [5.74, 6) is -0.382. The molecule has 9 heteroatoms. The SMILES string of the molecule is CCc1nc(COC(=O)c2ccc(OC)c(S(=O)(=O)N3CCCC3)c2)cs1. The first-order chi connectivity index (χ1) is 13.0. The van der Waals surface area contributed by atoms with Crippen molar-refractivity contribution in [3.8, 4) is 5.75 Å². The van der Waals surface area contributed by atoms with E-state index in [-0.39, 0.29) is 22.8 Å². The lowest BCUT2D eigenvalue weighted by atomic mass is 10.2. The smallest absolute Gasteiger partial charge is 0.338 e. The second kappa shape index (κ2) is 8.37. The van der Waals surface area contributed by atoms with Gasteiger partial charge in [0.15, 0.2) is 0 Å². The third-order valence-electron chi connectivity index (χ3n) is 4.34. The van der Waals surface area contributed by atoms with Crippen LogP contribution in [0.15, 0.2) is 28.5 Å². The van der Waals surface area contributed by atoms with Crippen LogP contribution in [0.2, 0.25) is 0 Å². The van der Waals surface area contributed by atoms with Crippen LogP contribution < -0.4 is 4.74 Å². The molecular formula is C18H22N2O5S2. The van der Waals surface area contributed by atoms with Crippen LogP contribution in [0.25, 0.3) is 0 Å². The van der Waals surface area contributed by atoms with Gasteiger partial charge >= 0.3 is 5.97 Å². The molecule has 146 valence electrons. The Balaban J connectivity index is 1.80. The molecule has 27 heavy (non-hydrogen) atoms. The first-order valence-corrected chi connectivity index (χ1v) is 11.1. The number of sulfonamides is 1. The Morgan fingerprint density at radius 1 is 1.30 bits per heavy atom. The summed E-state index contributed by atoms with van der Waals surface area (Å²) in [6, 6.07) is 4.31. The lowest BCUT2D eigenvalue weighted by Gasteiger charge is -2.18. The highest BCUT2D eigenvalue weighted by Crippen LogP contribution is 2.30. The summed E-state index contributed by atoms with van der Waals surface area (Å²) in [5, 5.41) is 2.83. The Morgan fingerprint density at radius 3 is 2.67 bits per heavy atom.